The molecule has 1 N–H and O–H groups in total. The Kier molecular flexibility index (Phi) is 6.22. The van der Waals surface area contributed by atoms with E-state index >= 15 is 0 Å². The van der Waals surface area contributed by atoms with Crippen LogP contribution in [-0.4, -0.2) is 32.8 Å². The van der Waals surface area contributed by atoms with Gasteiger partial charge in [-0.3, -0.25) is 0 Å². The molecular formula is C10H17ClN2O4. The van der Waals surface area contributed by atoms with Crippen molar-refractivity contribution < 1.29 is 28.9 Å². The first-order valence-electron chi connectivity index (χ1n) is 4.69. The average Bonchev–Trinajstić information content (AvgIpc) is 2.15. The van der Waals surface area contributed by atoms with Crippen LogP contribution in [0.15, 0.2) is 24.3 Å². The Morgan fingerprint density at radius 3 is 1.12 bits per heavy atom. The van der Waals surface area contributed by atoms with Crippen molar-refractivity contribution in [2.24, 2.45) is 0 Å². The third-order valence-electron chi connectivity index (χ3n) is 1.88. The number of benzene rings is 1. The molecule has 0 aliphatic rings. The summed E-state index contributed by atoms with van der Waals surface area (Å²) in [6.45, 7) is 0. The first-order valence-corrected chi connectivity index (χ1v) is 5.95. The summed E-state index contributed by atoms with van der Waals surface area (Å²) < 4.78 is 32.7. The molecule has 0 atom stereocenters. The lowest BCUT2D eigenvalue weighted by molar-refractivity contribution is -1.92. The first kappa shape index (κ1) is 16.0. The van der Waals surface area contributed by atoms with Crippen molar-refractivity contribution >= 4 is 11.4 Å². The fraction of sp³-hybridized carbons (Fsp3) is 0.400. The molecule has 1 aromatic carbocycles. The van der Waals surface area contributed by atoms with Gasteiger partial charge in [-0.15, -0.1) is 0 Å². The van der Waals surface area contributed by atoms with Gasteiger partial charge in [-0.05, 0) is 24.3 Å². The highest BCUT2D eigenvalue weighted by atomic mass is 35.7. The van der Waals surface area contributed by atoms with Crippen LogP contribution >= 0.6 is 0 Å². The molecule has 0 fully saturated rings. The number of rotatable bonds is 2. The molecule has 0 saturated carbocycles. The molecule has 0 unspecified atom stereocenters. The lowest BCUT2D eigenvalue weighted by atomic mass is 10.2. The van der Waals surface area contributed by atoms with Gasteiger partial charge in [-0.2, -0.15) is 14.0 Å². The van der Waals surface area contributed by atoms with Crippen molar-refractivity contribution in [3.63, 3.8) is 0 Å². The van der Waals surface area contributed by atoms with Gasteiger partial charge in [-0.1, -0.05) is 0 Å². The number of halogens is 1. The molecule has 0 saturated heterocycles. The monoisotopic (exact) mass is 264 g/mol. The second-order valence-corrected chi connectivity index (χ2v) is 4.49. The summed E-state index contributed by atoms with van der Waals surface area (Å²) in [6.07, 6.45) is 0. The highest BCUT2D eigenvalue weighted by molar-refractivity contribution is 5.54. The molecule has 0 radical (unpaired) electrons. The Bertz CT molecular complexity index is 289. The third kappa shape index (κ3) is 8.73. The number of hydrogen-bond donors (Lipinski definition) is 1. The van der Waals surface area contributed by atoms with Crippen molar-refractivity contribution in [2.45, 2.75) is 0 Å². The Morgan fingerprint density at radius 2 is 1.00 bits per heavy atom. The van der Waals surface area contributed by atoms with Gasteiger partial charge in [-0.25, -0.2) is 0 Å². The topological polar surface area (TPSA) is 95.9 Å². The van der Waals surface area contributed by atoms with Crippen molar-refractivity contribution in [1.82, 2.24) is 0 Å². The predicted octanol–water partition coefficient (Wildman–Crippen LogP) is -2.31. The van der Waals surface area contributed by atoms with Crippen LogP contribution in [0.4, 0.5) is 11.4 Å². The molecule has 17 heavy (non-hydrogen) atoms. The largest absolute Gasteiger partial charge is 0.378 e. The van der Waals surface area contributed by atoms with Gasteiger partial charge in [0.2, 0.25) is 0 Å². The molecular weight excluding hydrogens is 248 g/mol. The minimum Gasteiger partial charge on any atom is -0.378 e. The second-order valence-electron chi connectivity index (χ2n) is 3.70. The quantitative estimate of drug-likeness (QED) is 0.645. The lowest BCUT2D eigenvalue weighted by Gasteiger charge is -2.16. The van der Waals surface area contributed by atoms with E-state index in [1.54, 1.807) is 0 Å². The molecule has 98 valence electrons. The van der Waals surface area contributed by atoms with Gasteiger partial charge in [0.15, 0.2) is 0 Å². The highest BCUT2D eigenvalue weighted by Crippen LogP contribution is 2.16. The number of anilines is 2. The zero-order valence-corrected chi connectivity index (χ0v) is 11.0. The number of nitrogens with zero attached hydrogens (tertiary/aromatic N) is 2. The maximum atomic E-state index is 8.60. The van der Waals surface area contributed by atoms with E-state index in [0.29, 0.717) is 0 Å². The van der Waals surface area contributed by atoms with Crippen LogP contribution < -0.4 is 23.8 Å². The Hall–Kier alpha value is -1.05. The highest BCUT2D eigenvalue weighted by Gasteiger charge is 1.99. The van der Waals surface area contributed by atoms with E-state index in [4.69, 9.17) is 18.6 Å². The third-order valence-corrected chi connectivity index (χ3v) is 1.88. The van der Waals surface area contributed by atoms with E-state index < -0.39 is 10.2 Å². The van der Waals surface area contributed by atoms with Gasteiger partial charge in [0, 0.05) is 39.6 Å². The summed E-state index contributed by atoms with van der Waals surface area (Å²) in [6, 6.07) is 8.48. The first-order chi connectivity index (χ1) is 7.61. The Labute approximate surface area is 103 Å². The van der Waals surface area contributed by atoms with E-state index in [1.165, 1.54) is 11.4 Å². The lowest BCUT2D eigenvalue weighted by Crippen LogP contribution is -2.58. The van der Waals surface area contributed by atoms with Crippen molar-refractivity contribution in [1.29, 1.82) is 0 Å². The summed E-state index contributed by atoms with van der Waals surface area (Å²) in [5, 5.41) is 0. The van der Waals surface area contributed by atoms with Crippen LogP contribution in [0.1, 0.15) is 0 Å². The summed E-state index contributed by atoms with van der Waals surface area (Å²) in [4.78, 5) is 4.19. The van der Waals surface area contributed by atoms with Gasteiger partial charge >= 0.3 is 0 Å². The minimum absolute atomic E-state index is 1.24. The second kappa shape index (κ2) is 6.63. The van der Waals surface area contributed by atoms with E-state index in [-0.39, 0.29) is 0 Å². The Balaban J connectivity index is 0.000000437. The molecule has 0 aliphatic heterocycles. The average molecular weight is 265 g/mol. The van der Waals surface area contributed by atoms with Gasteiger partial charge < -0.3 is 9.80 Å². The molecule has 0 aliphatic carbocycles. The van der Waals surface area contributed by atoms with E-state index in [0.717, 1.165) is 0 Å². The van der Waals surface area contributed by atoms with E-state index in [9.17, 15) is 0 Å². The van der Waals surface area contributed by atoms with Crippen molar-refractivity contribution in [3.05, 3.63) is 24.3 Å². The maximum absolute atomic E-state index is 8.60. The van der Waals surface area contributed by atoms with Gasteiger partial charge in [0.25, 0.3) is 0 Å². The minimum atomic E-state index is -4.69. The summed E-state index contributed by atoms with van der Waals surface area (Å²) in [7, 11) is 3.49. The summed E-state index contributed by atoms with van der Waals surface area (Å²) in [5.41, 5.74) is 2.47. The zero-order valence-electron chi connectivity index (χ0n) is 10.3. The molecule has 0 heterocycles. The van der Waals surface area contributed by atoms with E-state index in [1.807, 2.05) is 28.2 Å². The number of hydrogen-bond acceptors (Lipinski definition) is 6. The molecule has 0 bridgehead atoms. The SMILES string of the molecule is CN(C)c1ccc(N(C)C)cc1.[O-][Cl+3]([O-])([O-])O. The van der Waals surface area contributed by atoms with Crippen LogP contribution in [0.25, 0.3) is 0 Å². The molecule has 6 nitrogen and oxygen atoms in total. The van der Waals surface area contributed by atoms with Gasteiger partial charge in [0.1, 0.15) is 0 Å². The molecule has 0 spiro atoms. The van der Waals surface area contributed by atoms with Crippen LogP contribution in [0.5, 0.6) is 0 Å². The van der Waals surface area contributed by atoms with Crippen LogP contribution in [-0.2, 0) is 0 Å². The van der Waals surface area contributed by atoms with Crippen molar-refractivity contribution in [2.75, 3.05) is 38.0 Å². The normalized spacial score (nSPS) is 10.4. The van der Waals surface area contributed by atoms with Crippen LogP contribution in [0.2, 0.25) is 0 Å². The van der Waals surface area contributed by atoms with E-state index in [2.05, 4.69) is 34.1 Å². The fourth-order valence-corrected chi connectivity index (χ4v) is 1.05. The van der Waals surface area contributed by atoms with Crippen LogP contribution in [0.3, 0.4) is 0 Å². The molecule has 1 aromatic rings. The molecule has 7 heteroatoms. The zero-order chi connectivity index (χ0) is 13.6. The predicted molar refractivity (Wildman–Crippen MR) is 57.3 cm³/mol. The standard InChI is InChI=1S/C10H16N2.ClHO4/c1-11(2)9-5-7-10(8-6-9)12(3)4;2-1(3,4)5/h5-8H,1-4H3;(H,2,3,4,5). The summed E-state index contributed by atoms with van der Waals surface area (Å²) in [5.74, 6) is 0. The molecule has 0 amide bonds. The molecule has 0 aromatic heterocycles. The van der Waals surface area contributed by atoms with Gasteiger partial charge in [0.05, 0.1) is 14.9 Å². The Morgan fingerprint density at radius 1 is 0.824 bits per heavy atom. The smallest absolute Gasteiger partial charge is 0.0777 e. The van der Waals surface area contributed by atoms with Crippen LogP contribution in [0, 0.1) is 10.2 Å². The fourth-order valence-electron chi connectivity index (χ4n) is 1.05. The molecule has 1 rings (SSSR count). The maximum Gasteiger partial charge on any atom is 0.0777 e. The summed E-state index contributed by atoms with van der Waals surface area (Å²) >= 11 is 0. The van der Waals surface area contributed by atoms with Crippen molar-refractivity contribution in [3.8, 4) is 0 Å².